The quantitative estimate of drug-likeness (QED) is 0.886. The minimum Gasteiger partial charge on any atom is -0.324 e. The fourth-order valence-electron chi connectivity index (χ4n) is 3.07. The van der Waals surface area contributed by atoms with Crippen LogP contribution in [0.25, 0.3) is 0 Å². The molecule has 1 fully saturated rings. The fourth-order valence-corrected chi connectivity index (χ4v) is 3.07. The van der Waals surface area contributed by atoms with Gasteiger partial charge in [-0.05, 0) is 41.8 Å². The summed E-state index contributed by atoms with van der Waals surface area (Å²) in [5, 5.41) is 2.90. The highest BCUT2D eigenvalue weighted by Crippen LogP contribution is 2.24. The van der Waals surface area contributed by atoms with Crippen LogP contribution in [0.2, 0.25) is 0 Å². The Kier molecular flexibility index (Phi) is 5.21. The molecule has 2 aromatic rings. The Morgan fingerprint density at radius 2 is 1.81 bits per heavy atom. The normalized spacial score (nSPS) is 14.2. The van der Waals surface area contributed by atoms with Gasteiger partial charge in [0, 0.05) is 24.5 Å². The third-order valence-electron chi connectivity index (χ3n) is 4.42. The van der Waals surface area contributed by atoms with Crippen LogP contribution in [0.15, 0.2) is 48.5 Å². The summed E-state index contributed by atoms with van der Waals surface area (Å²) in [6.45, 7) is 5.05. The van der Waals surface area contributed by atoms with Gasteiger partial charge in [0.15, 0.2) is 0 Å². The van der Waals surface area contributed by atoms with Crippen LogP contribution in [0.1, 0.15) is 25.3 Å². The van der Waals surface area contributed by atoms with Gasteiger partial charge in [-0.25, -0.2) is 9.18 Å². The number of para-hydroxylation sites is 1. The van der Waals surface area contributed by atoms with Crippen molar-refractivity contribution in [2.75, 3.05) is 29.9 Å². The second-order valence-electron chi connectivity index (χ2n) is 6.62. The highest BCUT2D eigenvalue weighted by molar-refractivity contribution is 5.99. The topological polar surface area (TPSA) is 52.7 Å². The molecule has 6 heteroatoms. The Morgan fingerprint density at radius 3 is 2.50 bits per heavy atom. The Hall–Kier alpha value is -2.89. The molecule has 1 N–H and O–H groups in total. The summed E-state index contributed by atoms with van der Waals surface area (Å²) in [6.07, 6.45) is 0. The molecule has 5 nitrogen and oxygen atoms in total. The SMILES string of the molecule is CC(C)c1ccccc1NC(=O)CN1CCN(c2ccc(F)cc2)C1=O. The highest BCUT2D eigenvalue weighted by atomic mass is 19.1. The summed E-state index contributed by atoms with van der Waals surface area (Å²) < 4.78 is 13.0. The van der Waals surface area contributed by atoms with Crippen LogP contribution in [0.3, 0.4) is 0 Å². The van der Waals surface area contributed by atoms with Gasteiger partial charge in [0.1, 0.15) is 12.4 Å². The first-order valence-electron chi connectivity index (χ1n) is 8.66. The van der Waals surface area contributed by atoms with Crippen molar-refractivity contribution in [1.82, 2.24) is 4.90 Å². The number of halogens is 1. The molecule has 1 aliphatic heterocycles. The Bertz CT molecular complexity index is 805. The van der Waals surface area contributed by atoms with Crippen molar-refractivity contribution in [3.05, 3.63) is 59.9 Å². The Labute approximate surface area is 152 Å². The van der Waals surface area contributed by atoms with Gasteiger partial charge in [0.25, 0.3) is 0 Å². The zero-order valence-corrected chi connectivity index (χ0v) is 14.9. The van der Waals surface area contributed by atoms with Crippen molar-refractivity contribution in [2.45, 2.75) is 19.8 Å². The maximum absolute atomic E-state index is 13.0. The highest BCUT2D eigenvalue weighted by Gasteiger charge is 2.30. The molecule has 0 aromatic heterocycles. The lowest BCUT2D eigenvalue weighted by molar-refractivity contribution is -0.116. The van der Waals surface area contributed by atoms with Gasteiger partial charge in [-0.2, -0.15) is 0 Å². The van der Waals surface area contributed by atoms with E-state index >= 15 is 0 Å². The lowest BCUT2D eigenvalue weighted by Gasteiger charge is -2.19. The van der Waals surface area contributed by atoms with Gasteiger partial charge >= 0.3 is 6.03 Å². The second kappa shape index (κ2) is 7.56. The molecule has 1 heterocycles. The first-order valence-corrected chi connectivity index (χ1v) is 8.66. The lowest BCUT2D eigenvalue weighted by atomic mass is 10.0. The molecule has 3 rings (SSSR count). The van der Waals surface area contributed by atoms with Crippen molar-refractivity contribution in [1.29, 1.82) is 0 Å². The molecule has 0 saturated carbocycles. The van der Waals surface area contributed by atoms with Crippen molar-refractivity contribution in [3.8, 4) is 0 Å². The van der Waals surface area contributed by atoms with Gasteiger partial charge in [-0.1, -0.05) is 32.0 Å². The smallest absolute Gasteiger partial charge is 0.324 e. The minimum absolute atomic E-state index is 0.0110. The monoisotopic (exact) mass is 355 g/mol. The average Bonchev–Trinajstić information content (AvgIpc) is 2.96. The van der Waals surface area contributed by atoms with E-state index in [9.17, 15) is 14.0 Å². The van der Waals surface area contributed by atoms with E-state index in [2.05, 4.69) is 19.2 Å². The average molecular weight is 355 g/mol. The molecule has 2 aromatic carbocycles. The molecule has 136 valence electrons. The molecule has 0 atom stereocenters. The van der Waals surface area contributed by atoms with Crippen LogP contribution in [0.4, 0.5) is 20.6 Å². The molecule has 0 bridgehead atoms. The predicted molar refractivity (Wildman–Crippen MR) is 99.9 cm³/mol. The summed E-state index contributed by atoms with van der Waals surface area (Å²) in [5.41, 5.74) is 2.46. The molecule has 26 heavy (non-hydrogen) atoms. The first-order chi connectivity index (χ1) is 12.5. The first kappa shape index (κ1) is 17.9. The van der Waals surface area contributed by atoms with E-state index in [0.29, 0.717) is 18.8 Å². The molecule has 3 amide bonds. The van der Waals surface area contributed by atoms with Crippen LogP contribution < -0.4 is 10.2 Å². The predicted octanol–water partition coefficient (Wildman–Crippen LogP) is 3.83. The molecule has 1 saturated heterocycles. The third-order valence-corrected chi connectivity index (χ3v) is 4.42. The van der Waals surface area contributed by atoms with Gasteiger partial charge in [0.05, 0.1) is 0 Å². The van der Waals surface area contributed by atoms with E-state index in [4.69, 9.17) is 0 Å². The summed E-state index contributed by atoms with van der Waals surface area (Å²) in [6, 6.07) is 13.2. The second-order valence-corrected chi connectivity index (χ2v) is 6.62. The van der Waals surface area contributed by atoms with Crippen LogP contribution in [-0.4, -0.2) is 36.5 Å². The Morgan fingerprint density at radius 1 is 1.12 bits per heavy atom. The molecule has 0 spiro atoms. The van der Waals surface area contributed by atoms with E-state index in [1.54, 1.807) is 17.0 Å². The van der Waals surface area contributed by atoms with Crippen molar-refractivity contribution in [2.24, 2.45) is 0 Å². The largest absolute Gasteiger partial charge is 0.325 e. The minimum atomic E-state index is -0.347. The molecular formula is C20H22FN3O2. The summed E-state index contributed by atoms with van der Waals surface area (Å²) in [5.74, 6) is -0.290. The maximum Gasteiger partial charge on any atom is 0.325 e. The van der Waals surface area contributed by atoms with Crippen LogP contribution in [0, 0.1) is 5.82 Å². The lowest BCUT2D eigenvalue weighted by Crippen LogP contribution is -2.37. The van der Waals surface area contributed by atoms with Crippen molar-refractivity contribution >= 4 is 23.3 Å². The fraction of sp³-hybridized carbons (Fsp3) is 0.300. The van der Waals surface area contributed by atoms with Gasteiger partial charge < -0.3 is 10.2 Å². The molecule has 1 aliphatic rings. The van der Waals surface area contributed by atoms with Crippen LogP contribution >= 0.6 is 0 Å². The van der Waals surface area contributed by atoms with Gasteiger partial charge in [0.2, 0.25) is 5.91 Å². The molecule has 0 radical (unpaired) electrons. The van der Waals surface area contributed by atoms with E-state index in [0.717, 1.165) is 11.3 Å². The Balaban J connectivity index is 1.64. The zero-order chi connectivity index (χ0) is 18.7. The maximum atomic E-state index is 13.0. The molecule has 0 unspecified atom stereocenters. The van der Waals surface area contributed by atoms with E-state index in [1.807, 2.05) is 24.3 Å². The van der Waals surface area contributed by atoms with E-state index < -0.39 is 0 Å². The number of benzene rings is 2. The van der Waals surface area contributed by atoms with Crippen molar-refractivity contribution in [3.63, 3.8) is 0 Å². The van der Waals surface area contributed by atoms with E-state index in [1.165, 1.54) is 17.0 Å². The van der Waals surface area contributed by atoms with E-state index in [-0.39, 0.29) is 30.2 Å². The zero-order valence-electron chi connectivity index (χ0n) is 14.9. The number of rotatable bonds is 5. The standard InChI is InChI=1S/C20H22FN3O2/c1-14(2)17-5-3-4-6-18(17)22-19(25)13-23-11-12-24(20(23)26)16-9-7-15(21)8-10-16/h3-10,14H,11-13H2,1-2H3,(H,22,25). The number of carbonyl (C=O) groups is 2. The van der Waals surface area contributed by atoms with Crippen molar-refractivity contribution < 1.29 is 14.0 Å². The van der Waals surface area contributed by atoms with Crippen LogP contribution in [0.5, 0.6) is 0 Å². The van der Waals surface area contributed by atoms with Crippen LogP contribution in [-0.2, 0) is 4.79 Å². The summed E-state index contributed by atoms with van der Waals surface area (Å²) in [4.78, 5) is 28.0. The molecular weight excluding hydrogens is 333 g/mol. The third kappa shape index (κ3) is 3.85. The van der Waals surface area contributed by atoms with Gasteiger partial charge in [-0.3, -0.25) is 9.69 Å². The molecule has 0 aliphatic carbocycles. The number of nitrogens with one attached hydrogen (secondary N) is 1. The number of amides is 3. The number of carbonyl (C=O) groups excluding carboxylic acids is 2. The number of urea groups is 1. The number of hydrogen-bond donors (Lipinski definition) is 1. The van der Waals surface area contributed by atoms with Gasteiger partial charge in [-0.15, -0.1) is 0 Å². The summed E-state index contributed by atoms with van der Waals surface area (Å²) in [7, 11) is 0. The number of nitrogens with zero attached hydrogens (tertiary/aromatic N) is 2. The summed E-state index contributed by atoms with van der Waals surface area (Å²) >= 11 is 0. The number of anilines is 2. The number of hydrogen-bond acceptors (Lipinski definition) is 2.